The van der Waals surface area contributed by atoms with Crippen molar-refractivity contribution in [3.8, 4) is 0 Å². The van der Waals surface area contributed by atoms with Crippen molar-refractivity contribution in [1.82, 2.24) is 5.32 Å². The SMILES string of the molecule is CCNC(c1cccc(S(C)(=O)=O)c1)c1sccc1Cl. The number of hydrogen-bond donors (Lipinski definition) is 1. The van der Waals surface area contributed by atoms with Crippen molar-refractivity contribution in [2.24, 2.45) is 0 Å². The molecule has 0 fully saturated rings. The van der Waals surface area contributed by atoms with E-state index in [0.29, 0.717) is 9.92 Å². The maximum Gasteiger partial charge on any atom is 0.175 e. The van der Waals surface area contributed by atoms with Crippen molar-refractivity contribution in [3.63, 3.8) is 0 Å². The van der Waals surface area contributed by atoms with E-state index >= 15 is 0 Å². The highest BCUT2D eigenvalue weighted by atomic mass is 35.5. The molecule has 20 heavy (non-hydrogen) atoms. The number of hydrogen-bond acceptors (Lipinski definition) is 4. The molecule has 6 heteroatoms. The van der Waals surface area contributed by atoms with E-state index in [9.17, 15) is 8.42 Å². The fourth-order valence-corrected chi connectivity index (χ4v) is 3.95. The summed E-state index contributed by atoms with van der Waals surface area (Å²) in [4.78, 5) is 1.32. The van der Waals surface area contributed by atoms with Crippen LogP contribution in [0.15, 0.2) is 40.6 Å². The van der Waals surface area contributed by atoms with Crippen LogP contribution in [0.3, 0.4) is 0 Å². The molecule has 2 aromatic rings. The molecule has 1 heterocycles. The predicted octanol–water partition coefficient (Wildman–Crippen LogP) is 3.50. The summed E-state index contributed by atoms with van der Waals surface area (Å²) in [7, 11) is -3.21. The second kappa shape index (κ2) is 6.26. The standard InChI is InChI=1S/C14H16ClNO2S2/c1-3-16-13(14-12(15)7-8-19-14)10-5-4-6-11(9-10)20(2,17)18/h4-9,13,16H,3H2,1-2H3. The Hall–Kier alpha value is -0.880. The highest BCUT2D eigenvalue weighted by Crippen LogP contribution is 2.33. The van der Waals surface area contributed by atoms with Gasteiger partial charge in [-0.25, -0.2) is 8.42 Å². The summed E-state index contributed by atoms with van der Waals surface area (Å²) in [6, 6.07) is 8.76. The molecule has 1 aromatic heterocycles. The Kier molecular flexibility index (Phi) is 4.86. The Bertz CT molecular complexity index is 695. The fraction of sp³-hybridized carbons (Fsp3) is 0.286. The van der Waals surface area contributed by atoms with Crippen LogP contribution < -0.4 is 5.32 Å². The van der Waals surface area contributed by atoms with Gasteiger partial charge in [0.25, 0.3) is 0 Å². The quantitative estimate of drug-likeness (QED) is 0.913. The topological polar surface area (TPSA) is 46.2 Å². The number of thiophene rings is 1. The van der Waals surface area contributed by atoms with E-state index in [1.165, 1.54) is 6.26 Å². The summed E-state index contributed by atoms with van der Waals surface area (Å²) in [5, 5.41) is 5.98. The number of sulfone groups is 1. The first kappa shape index (κ1) is 15.5. The van der Waals surface area contributed by atoms with Gasteiger partial charge in [0.15, 0.2) is 9.84 Å². The van der Waals surface area contributed by atoms with E-state index in [4.69, 9.17) is 11.6 Å². The molecule has 0 saturated heterocycles. The lowest BCUT2D eigenvalue weighted by Gasteiger charge is -2.18. The molecule has 108 valence electrons. The van der Waals surface area contributed by atoms with Crippen LogP contribution in [0.2, 0.25) is 5.02 Å². The number of halogens is 1. The zero-order chi connectivity index (χ0) is 14.8. The average molecular weight is 330 g/mol. The van der Waals surface area contributed by atoms with E-state index in [1.54, 1.807) is 29.5 Å². The maximum atomic E-state index is 11.7. The predicted molar refractivity (Wildman–Crippen MR) is 84.4 cm³/mol. The van der Waals surface area contributed by atoms with Crippen molar-refractivity contribution in [1.29, 1.82) is 0 Å². The molecule has 0 aliphatic heterocycles. The molecule has 2 rings (SSSR count). The minimum atomic E-state index is -3.21. The second-order valence-corrected chi connectivity index (χ2v) is 7.84. The van der Waals surface area contributed by atoms with E-state index < -0.39 is 9.84 Å². The largest absolute Gasteiger partial charge is 0.306 e. The lowest BCUT2D eigenvalue weighted by atomic mass is 10.1. The first-order valence-corrected chi connectivity index (χ1v) is 9.34. The molecule has 1 N–H and O–H groups in total. The summed E-state index contributed by atoms with van der Waals surface area (Å²) >= 11 is 7.76. The molecule has 0 bridgehead atoms. The number of rotatable bonds is 5. The Balaban J connectivity index is 2.48. The van der Waals surface area contributed by atoms with Gasteiger partial charge in [-0.3, -0.25) is 0 Å². The summed E-state index contributed by atoms with van der Waals surface area (Å²) < 4.78 is 23.4. The summed E-state index contributed by atoms with van der Waals surface area (Å²) in [6.07, 6.45) is 1.21. The Morgan fingerprint density at radius 1 is 1.35 bits per heavy atom. The molecule has 0 aliphatic rings. The summed E-state index contributed by atoms with van der Waals surface area (Å²) in [5.74, 6) is 0. The van der Waals surface area contributed by atoms with Crippen LogP contribution in [0.25, 0.3) is 0 Å². The van der Waals surface area contributed by atoms with Gasteiger partial charge in [0.1, 0.15) is 0 Å². The van der Waals surface area contributed by atoms with Crippen molar-refractivity contribution >= 4 is 32.8 Å². The highest BCUT2D eigenvalue weighted by molar-refractivity contribution is 7.90. The zero-order valence-electron chi connectivity index (χ0n) is 11.3. The molecular formula is C14H16ClNO2S2. The normalized spacial score (nSPS) is 13.3. The van der Waals surface area contributed by atoms with Gasteiger partial charge in [0.05, 0.1) is 16.0 Å². The molecule has 1 unspecified atom stereocenters. The number of benzene rings is 1. The molecule has 0 spiro atoms. The fourth-order valence-electron chi connectivity index (χ4n) is 2.00. The number of nitrogens with one attached hydrogen (secondary N) is 1. The molecular weight excluding hydrogens is 314 g/mol. The molecule has 0 amide bonds. The second-order valence-electron chi connectivity index (χ2n) is 4.47. The van der Waals surface area contributed by atoms with Crippen LogP contribution in [-0.4, -0.2) is 21.2 Å². The van der Waals surface area contributed by atoms with Gasteiger partial charge in [-0.15, -0.1) is 11.3 Å². The van der Waals surface area contributed by atoms with E-state index in [-0.39, 0.29) is 6.04 Å². The summed E-state index contributed by atoms with van der Waals surface area (Å²) in [5.41, 5.74) is 0.902. The minimum absolute atomic E-state index is 0.0887. The van der Waals surface area contributed by atoms with Crippen molar-refractivity contribution < 1.29 is 8.42 Å². The van der Waals surface area contributed by atoms with E-state index in [2.05, 4.69) is 5.32 Å². The van der Waals surface area contributed by atoms with Gasteiger partial charge < -0.3 is 5.32 Å². The Morgan fingerprint density at radius 3 is 2.65 bits per heavy atom. The maximum absolute atomic E-state index is 11.7. The molecule has 1 aromatic carbocycles. The first-order chi connectivity index (χ1) is 9.43. The molecule has 0 aliphatic carbocycles. The van der Waals surface area contributed by atoms with Crippen LogP contribution in [0.1, 0.15) is 23.4 Å². The van der Waals surface area contributed by atoms with Crippen LogP contribution in [0.5, 0.6) is 0 Å². The van der Waals surface area contributed by atoms with Crippen LogP contribution >= 0.6 is 22.9 Å². The van der Waals surface area contributed by atoms with Gasteiger partial charge >= 0.3 is 0 Å². The lowest BCUT2D eigenvalue weighted by Crippen LogP contribution is -2.21. The first-order valence-electron chi connectivity index (χ1n) is 6.19. The van der Waals surface area contributed by atoms with Gasteiger partial charge in [-0.05, 0) is 35.7 Å². The third-order valence-corrected chi connectivity index (χ3v) is 5.47. The molecule has 1 atom stereocenters. The van der Waals surface area contributed by atoms with E-state index in [0.717, 1.165) is 17.0 Å². The summed E-state index contributed by atoms with van der Waals surface area (Å²) in [6.45, 7) is 2.77. The third-order valence-electron chi connectivity index (χ3n) is 2.93. The van der Waals surface area contributed by atoms with Gasteiger partial charge in [-0.2, -0.15) is 0 Å². The molecule has 0 saturated carbocycles. The average Bonchev–Trinajstić information content (AvgIpc) is 2.81. The van der Waals surface area contributed by atoms with Crippen molar-refractivity contribution in [2.75, 3.05) is 12.8 Å². The minimum Gasteiger partial charge on any atom is -0.306 e. The highest BCUT2D eigenvalue weighted by Gasteiger charge is 2.19. The van der Waals surface area contributed by atoms with Gasteiger partial charge in [-0.1, -0.05) is 30.7 Å². The lowest BCUT2D eigenvalue weighted by molar-refractivity contribution is 0.600. The monoisotopic (exact) mass is 329 g/mol. The van der Waals surface area contributed by atoms with E-state index in [1.807, 2.05) is 24.4 Å². The van der Waals surface area contributed by atoms with Gasteiger partial charge in [0, 0.05) is 11.1 Å². The van der Waals surface area contributed by atoms with Crippen LogP contribution in [-0.2, 0) is 9.84 Å². The van der Waals surface area contributed by atoms with Gasteiger partial charge in [0.2, 0.25) is 0 Å². The smallest absolute Gasteiger partial charge is 0.175 e. The third kappa shape index (κ3) is 3.41. The Morgan fingerprint density at radius 2 is 2.10 bits per heavy atom. The molecule has 0 radical (unpaired) electrons. The molecule has 3 nitrogen and oxygen atoms in total. The Labute approximate surface area is 128 Å². The van der Waals surface area contributed by atoms with Crippen molar-refractivity contribution in [3.05, 3.63) is 51.2 Å². The van der Waals surface area contributed by atoms with Crippen LogP contribution in [0, 0.1) is 0 Å². The van der Waals surface area contributed by atoms with Crippen molar-refractivity contribution in [2.45, 2.75) is 17.9 Å². The van der Waals surface area contributed by atoms with Crippen LogP contribution in [0.4, 0.5) is 0 Å². The zero-order valence-corrected chi connectivity index (χ0v) is 13.6.